The van der Waals surface area contributed by atoms with Crippen LogP contribution in [0.4, 0.5) is 10.1 Å². The maximum Gasteiger partial charge on any atom is 0.252 e. The smallest absolute Gasteiger partial charge is 0.252 e. The van der Waals surface area contributed by atoms with Crippen molar-refractivity contribution in [2.75, 3.05) is 44.6 Å². The summed E-state index contributed by atoms with van der Waals surface area (Å²) in [6.45, 7) is 13.1. The standard InChI is InChI=1S/C27H39FN4O3.C9H11NO.C2H6/c1-20-8-14-31(15-9-20)25(33)19-24(29-26(34)21-6-5-7-22(28)18-21)27(35)32-16-10-23(11-17-32)30-12-3-2-4-13-30;1-2-8-5-3-4-6-9(8)10-7-11;1-2/h5-7,18,20,23-24H,2-4,8-17,19H2,1H3,(H,29,34);3-7H,2H2,1H3,(H,10,11);1-2H3. The van der Waals surface area contributed by atoms with E-state index in [1.807, 2.05) is 38.1 Å². The van der Waals surface area contributed by atoms with E-state index in [-0.39, 0.29) is 23.8 Å². The molecule has 3 fully saturated rings. The monoisotopic (exact) mass is 665 g/mol. The fourth-order valence-corrected chi connectivity index (χ4v) is 6.62. The van der Waals surface area contributed by atoms with Crippen LogP contribution in [-0.4, -0.2) is 90.2 Å². The summed E-state index contributed by atoms with van der Waals surface area (Å²) < 4.78 is 13.7. The Hall–Kier alpha value is -3.79. The van der Waals surface area contributed by atoms with E-state index in [4.69, 9.17) is 0 Å². The Kier molecular flexibility index (Phi) is 16.5. The lowest BCUT2D eigenvalue weighted by atomic mass is 9.97. The summed E-state index contributed by atoms with van der Waals surface area (Å²) in [6.07, 6.45) is 9.07. The second-order valence-corrected chi connectivity index (χ2v) is 12.7. The predicted octanol–water partition coefficient (Wildman–Crippen LogP) is 5.89. The number of hydrogen-bond donors (Lipinski definition) is 2. The molecule has 2 aromatic carbocycles. The number of benzene rings is 2. The highest BCUT2D eigenvalue weighted by Gasteiger charge is 2.34. The number of piperidine rings is 3. The van der Waals surface area contributed by atoms with Crippen molar-refractivity contribution in [1.29, 1.82) is 0 Å². The van der Waals surface area contributed by atoms with Crippen LogP contribution < -0.4 is 10.6 Å². The van der Waals surface area contributed by atoms with Crippen molar-refractivity contribution >= 4 is 29.8 Å². The topological polar surface area (TPSA) is 102 Å². The molecule has 1 atom stereocenters. The molecule has 2 aromatic rings. The van der Waals surface area contributed by atoms with E-state index in [2.05, 4.69) is 29.4 Å². The second kappa shape index (κ2) is 20.5. The summed E-state index contributed by atoms with van der Waals surface area (Å²) in [5.74, 6) is -0.793. The first-order valence-electron chi connectivity index (χ1n) is 17.9. The molecule has 3 heterocycles. The minimum atomic E-state index is -0.954. The second-order valence-electron chi connectivity index (χ2n) is 12.7. The fraction of sp³-hybridized carbons (Fsp3) is 0.579. The van der Waals surface area contributed by atoms with Gasteiger partial charge in [-0.15, -0.1) is 0 Å². The van der Waals surface area contributed by atoms with Crippen molar-refractivity contribution in [3.8, 4) is 0 Å². The summed E-state index contributed by atoms with van der Waals surface area (Å²) in [7, 11) is 0. The molecule has 0 saturated carbocycles. The highest BCUT2D eigenvalue weighted by molar-refractivity contribution is 5.99. The number of hydrogen-bond acceptors (Lipinski definition) is 5. The van der Waals surface area contributed by atoms with Gasteiger partial charge < -0.3 is 25.3 Å². The zero-order chi connectivity index (χ0) is 34.9. The average molecular weight is 666 g/mol. The highest BCUT2D eigenvalue weighted by Crippen LogP contribution is 2.23. The number of nitrogens with one attached hydrogen (secondary N) is 2. The number of halogens is 1. The van der Waals surface area contributed by atoms with E-state index < -0.39 is 17.8 Å². The minimum absolute atomic E-state index is 0.0691. The van der Waals surface area contributed by atoms with Crippen LogP contribution in [0.25, 0.3) is 0 Å². The number of nitrogens with zero attached hydrogens (tertiary/aromatic N) is 3. The van der Waals surface area contributed by atoms with Gasteiger partial charge in [-0.3, -0.25) is 19.2 Å². The van der Waals surface area contributed by atoms with Crippen LogP contribution in [0.15, 0.2) is 48.5 Å². The predicted molar refractivity (Wildman–Crippen MR) is 189 cm³/mol. The normalized spacial score (nSPS) is 17.9. The Labute approximate surface area is 286 Å². The molecular weight excluding hydrogens is 609 g/mol. The van der Waals surface area contributed by atoms with E-state index in [1.165, 1.54) is 43.0 Å². The van der Waals surface area contributed by atoms with Gasteiger partial charge in [-0.05, 0) is 93.8 Å². The number of anilines is 1. The third kappa shape index (κ3) is 11.7. The molecular formula is C38H56FN5O4. The molecule has 9 nitrogen and oxygen atoms in total. The largest absolute Gasteiger partial charge is 0.343 e. The first-order chi connectivity index (χ1) is 23.3. The van der Waals surface area contributed by atoms with Gasteiger partial charge in [0.2, 0.25) is 18.2 Å². The number of rotatable bonds is 9. The van der Waals surface area contributed by atoms with Crippen molar-refractivity contribution in [3.63, 3.8) is 0 Å². The van der Waals surface area contributed by atoms with Crippen molar-refractivity contribution in [1.82, 2.24) is 20.0 Å². The van der Waals surface area contributed by atoms with Gasteiger partial charge in [0.25, 0.3) is 5.91 Å². The Morgan fingerprint density at radius 2 is 1.52 bits per heavy atom. The minimum Gasteiger partial charge on any atom is -0.343 e. The van der Waals surface area contributed by atoms with Crippen LogP contribution in [0, 0.1) is 11.7 Å². The maximum atomic E-state index is 13.7. The Bertz CT molecular complexity index is 1300. The van der Waals surface area contributed by atoms with Crippen LogP contribution in [0.5, 0.6) is 0 Å². The molecule has 2 N–H and O–H groups in total. The number of amides is 4. The van der Waals surface area contributed by atoms with Crippen molar-refractivity contribution in [2.24, 2.45) is 5.92 Å². The van der Waals surface area contributed by atoms with Crippen LogP contribution >= 0.6 is 0 Å². The third-order valence-corrected chi connectivity index (χ3v) is 9.50. The van der Waals surface area contributed by atoms with Crippen molar-refractivity contribution < 1.29 is 23.6 Å². The molecule has 10 heteroatoms. The SMILES string of the molecule is CC.CC1CCN(C(=O)CC(NC(=O)c2cccc(F)c2)C(=O)N2CCC(N3CCCCC3)CC2)CC1.CCc1ccccc1NC=O. The molecule has 5 rings (SSSR count). The molecule has 0 aliphatic carbocycles. The Balaban J connectivity index is 0.000000405. The Morgan fingerprint density at radius 1 is 0.875 bits per heavy atom. The lowest BCUT2D eigenvalue weighted by Gasteiger charge is -2.41. The first-order valence-corrected chi connectivity index (χ1v) is 17.9. The number of likely N-dealkylation sites (tertiary alicyclic amines) is 3. The lowest BCUT2D eigenvalue weighted by Crippen LogP contribution is -2.55. The van der Waals surface area contributed by atoms with Crippen molar-refractivity contribution in [3.05, 3.63) is 65.5 Å². The molecule has 4 amide bonds. The van der Waals surface area contributed by atoms with Gasteiger partial charge in [0.1, 0.15) is 11.9 Å². The van der Waals surface area contributed by atoms with E-state index >= 15 is 0 Å². The number of carbonyl (C=O) groups excluding carboxylic acids is 4. The average Bonchev–Trinajstić information content (AvgIpc) is 3.13. The summed E-state index contributed by atoms with van der Waals surface area (Å²) >= 11 is 0. The zero-order valence-electron chi connectivity index (χ0n) is 29.4. The highest BCUT2D eigenvalue weighted by atomic mass is 19.1. The Morgan fingerprint density at radius 3 is 2.15 bits per heavy atom. The maximum absolute atomic E-state index is 13.7. The van der Waals surface area contributed by atoms with Crippen LogP contribution in [0.2, 0.25) is 0 Å². The molecule has 0 bridgehead atoms. The van der Waals surface area contributed by atoms with Gasteiger partial charge in [0, 0.05) is 43.5 Å². The zero-order valence-corrected chi connectivity index (χ0v) is 29.4. The molecule has 264 valence electrons. The number of carbonyl (C=O) groups is 4. The molecule has 3 aliphatic heterocycles. The molecule has 3 aliphatic rings. The summed E-state index contributed by atoms with van der Waals surface area (Å²) in [6, 6.07) is 12.7. The summed E-state index contributed by atoms with van der Waals surface area (Å²) in [5.41, 5.74) is 2.22. The van der Waals surface area contributed by atoms with Gasteiger partial charge in [0.15, 0.2) is 0 Å². The number of aryl methyl sites for hydroxylation is 1. The molecule has 1 unspecified atom stereocenters. The molecule has 0 spiro atoms. The van der Waals surface area contributed by atoms with Crippen LogP contribution in [0.3, 0.4) is 0 Å². The van der Waals surface area contributed by atoms with Gasteiger partial charge in [-0.1, -0.05) is 58.4 Å². The van der Waals surface area contributed by atoms with Gasteiger partial charge in [-0.2, -0.15) is 0 Å². The van der Waals surface area contributed by atoms with Gasteiger partial charge in [0.05, 0.1) is 6.42 Å². The quantitative estimate of drug-likeness (QED) is 0.325. The third-order valence-electron chi connectivity index (χ3n) is 9.50. The van der Waals surface area contributed by atoms with E-state index in [9.17, 15) is 23.6 Å². The van der Waals surface area contributed by atoms with E-state index in [1.54, 1.807) is 9.80 Å². The van der Waals surface area contributed by atoms with Crippen molar-refractivity contribution in [2.45, 2.75) is 97.6 Å². The van der Waals surface area contributed by atoms with Gasteiger partial charge >= 0.3 is 0 Å². The molecule has 48 heavy (non-hydrogen) atoms. The lowest BCUT2D eigenvalue weighted by molar-refractivity contribution is -0.140. The molecule has 0 radical (unpaired) electrons. The van der Waals surface area contributed by atoms with E-state index in [0.29, 0.717) is 44.5 Å². The molecule has 0 aromatic heterocycles. The first kappa shape index (κ1) is 38.7. The number of para-hydroxylation sites is 1. The van der Waals surface area contributed by atoms with Gasteiger partial charge in [-0.25, -0.2) is 4.39 Å². The fourth-order valence-electron chi connectivity index (χ4n) is 6.62. The van der Waals surface area contributed by atoms with E-state index in [0.717, 1.165) is 56.9 Å². The summed E-state index contributed by atoms with van der Waals surface area (Å²) in [4.78, 5) is 55.8. The summed E-state index contributed by atoms with van der Waals surface area (Å²) in [5, 5.41) is 5.40. The van der Waals surface area contributed by atoms with Crippen LogP contribution in [0.1, 0.15) is 95.0 Å². The van der Waals surface area contributed by atoms with Crippen LogP contribution in [-0.2, 0) is 20.8 Å². The molecule has 3 saturated heterocycles.